The second-order valence-corrected chi connectivity index (χ2v) is 8.86. The predicted molar refractivity (Wildman–Crippen MR) is 153 cm³/mol. The van der Waals surface area contributed by atoms with Gasteiger partial charge in [-0.3, -0.25) is 20.4 Å². The molecule has 11 heteroatoms. The molecule has 2 aromatic heterocycles. The average molecular weight is 547 g/mol. The van der Waals surface area contributed by atoms with Gasteiger partial charge < -0.3 is 19.2 Å². The number of rotatable bonds is 9. The summed E-state index contributed by atoms with van der Waals surface area (Å²) in [5.74, 6) is 1.13. The van der Waals surface area contributed by atoms with Gasteiger partial charge in [0, 0.05) is 41.1 Å². The summed E-state index contributed by atoms with van der Waals surface area (Å²) in [6, 6.07) is 9.90. The number of fused-ring (bicyclic) bond motifs is 1. The highest BCUT2D eigenvalue weighted by atomic mass is 19.1. The molecule has 0 aliphatic carbocycles. The molecule has 208 valence electrons. The van der Waals surface area contributed by atoms with Crippen molar-refractivity contribution >= 4 is 34.8 Å². The maximum Gasteiger partial charge on any atom is 0.250 e. The third-order valence-electron chi connectivity index (χ3n) is 5.95. The first-order chi connectivity index (χ1) is 19.3. The second kappa shape index (κ2) is 12.7. The fourth-order valence-electron chi connectivity index (χ4n) is 4.17. The van der Waals surface area contributed by atoms with Crippen molar-refractivity contribution in [3.63, 3.8) is 0 Å². The highest BCUT2D eigenvalue weighted by Crippen LogP contribution is 2.38. The molecule has 4 rings (SSSR count). The van der Waals surface area contributed by atoms with Crippen molar-refractivity contribution in [2.45, 2.75) is 20.3 Å². The van der Waals surface area contributed by atoms with E-state index < -0.39 is 5.91 Å². The first kappa shape index (κ1) is 28.1. The SMILES string of the molecule is COc1cc(/C=C/C(=O)NC(=NCCc2c[nH]c3ccc(F)cc23)Nc2nc(C)cc(C)n2)cc(OC)c1OC. The molecule has 1 amide bonds. The molecule has 3 N–H and O–H groups in total. The lowest BCUT2D eigenvalue weighted by Crippen LogP contribution is -2.35. The second-order valence-electron chi connectivity index (χ2n) is 8.86. The number of hydrogen-bond acceptors (Lipinski definition) is 7. The van der Waals surface area contributed by atoms with Crippen LogP contribution in [0, 0.1) is 19.7 Å². The van der Waals surface area contributed by atoms with Gasteiger partial charge in [-0.15, -0.1) is 0 Å². The first-order valence-electron chi connectivity index (χ1n) is 12.5. The highest BCUT2D eigenvalue weighted by molar-refractivity contribution is 6.08. The van der Waals surface area contributed by atoms with Crippen LogP contribution >= 0.6 is 0 Å². The first-order valence-corrected chi connectivity index (χ1v) is 12.5. The van der Waals surface area contributed by atoms with Crippen LogP contribution in [-0.4, -0.2) is 54.7 Å². The number of anilines is 1. The van der Waals surface area contributed by atoms with Crippen molar-refractivity contribution in [3.05, 3.63) is 77.0 Å². The van der Waals surface area contributed by atoms with Gasteiger partial charge >= 0.3 is 0 Å². The van der Waals surface area contributed by atoms with Crippen LogP contribution < -0.4 is 24.8 Å². The topological polar surface area (TPSA) is 123 Å². The number of ether oxygens (including phenoxy) is 3. The van der Waals surface area contributed by atoms with E-state index in [1.54, 1.807) is 24.3 Å². The Kier molecular flexibility index (Phi) is 8.95. The fraction of sp³-hybridized carbons (Fsp3) is 0.241. The summed E-state index contributed by atoms with van der Waals surface area (Å²) in [6.45, 7) is 4.02. The quantitative estimate of drug-likeness (QED) is 0.160. The molecule has 0 aliphatic rings. The zero-order valence-corrected chi connectivity index (χ0v) is 23.0. The van der Waals surface area contributed by atoms with E-state index in [0.29, 0.717) is 41.7 Å². The Labute approximate surface area is 231 Å². The zero-order valence-electron chi connectivity index (χ0n) is 23.0. The number of aliphatic imine (C=N–C) groups is 1. The number of nitrogens with one attached hydrogen (secondary N) is 3. The molecule has 10 nitrogen and oxygen atoms in total. The number of amides is 1. The number of methoxy groups -OCH3 is 3. The molecule has 0 fully saturated rings. The number of guanidine groups is 1. The molecule has 2 heterocycles. The Morgan fingerprint density at radius 1 is 1.02 bits per heavy atom. The van der Waals surface area contributed by atoms with Gasteiger partial charge in [-0.1, -0.05) is 0 Å². The Hall–Kier alpha value is -4.93. The summed E-state index contributed by atoms with van der Waals surface area (Å²) in [6.07, 6.45) is 5.33. The lowest BCUT2D eigenvalue weighted by Gasteiger charge is -2.13. The Balaban J connectivity index is 1.53. The van der Waals surface area contributed by atoms with Crippen LogP contribution in [0.4, 0.5) is 10.3 Å². The Morgan fingerprint density at radius 2 is 1.73 bits per heavy atom. The van der Waals surface area contributed by atoms with E-state index in [9.17, 15) is 9.18 Å². The molecule has 0 saturated carbocycles. The third-order valence-corrected chi connectivity index (χ3v) is 5.95. The van der Waals surface area contributed by atoms with Crippen molar-refractivity contribution in [2.75, 3.05) is 33.2 Å². The molecule has 2 aromatic carbocycles. The molecule has 0 bridgehead atoms. The minimum Gasteiger partial charge on any atom is -0.493 e. The van der Waals surface area contributed by atoms with Gasteiger partial charge in [0.1, 0.15) is 5.82 Å². The summed E-state index contributed by atoms with van der Waals surface area (Å²) in [5, 5.41) is 6.56. The predicted octanol–water partition coefficient (Wildman–Crippen LogP) is 4.58. The maximum absolute atomic E-state index is 13.8. The van der Waals surface area contributed by atoms with Crippen molar-refractivity contribution in [1.82, 2.24) is 20.3 Å². The number of carbonyl (C=O) groups is 1. The van der Waals surface area contributed by atoms with Gasteiger partial charge in [-0.05, 0) is 73.9 Å². The number of aromatic amines is 1. The molecule has 0 saturated heterocycles. The van der Waals surface area contributed by atoms with Gasteiger partial charge in [0.25, 0.3) is 5.91 Å². The van der Waals surface area contributed by atoms with Crippen LogP contribution in [0.1, 0.15) is 22.5 Å². The molecule has 0 aliphatic heterocycles. The number of aromatic nitrogens is 3. The number of carbonyl (C=O) groups excluding carboxylic acids is 1. The smallest absolute Gasteiger partial charge is 0.250 e. The molecule has 4 aromatic rings. The standard InChI is InChI=1S/C29H31FN6O4/c1-17-12-18(2)34-29(33-17)36-28(31-11-10-20-16-32-23-8-7-21(30)15-22(20)23)35-26(37)9-6-19-13-24(38-3)27(40-5)25(14-19)39-4/h6-9,12-16,32H,10-11H2,1-5H3,(H2,31,33,34,35,36,37)/b9-6+. The van der Waals surface area contributed by atoms with E-state index in [-0.39, 0.29) is 11.8 Å². The fourth-order valence-corrected chi connectivity index (χ4v) is 4.17. The normalized spacial score (nSPS) is 11.6. The summed E-state index contributed by atoms with van der Waals surface area (Å²) < 4.78 is 29.9. The summed E-state index contributed by atoms with van der Waals surface area (Å²) in [4.78, 5) is 29.3. The lowest BCUT2D eigenvalue weighted by atomic mass is 10.1. The van der Waals surface area contributed by atoms with Crippen LogP contribution in [-0.2, 0) is 11.2 Å². The van der Waals surface area contributed by atoms with Crippen molar-refractivity contribution < 1.29 is 23.4 Å². The highest BCUT2D eigenvalue weighted by Gasteiger charge is 2.13. The summed E-state index contributed by atoms with van der Waals surface area (Å²) in [7, 11) is 4.56. The van der Waals surface area contributed by atoms with Crippen LogP contribution in [0.25, 0.3) is 17.0 Å². The van der Waals surface area contributed by atoms with Crippen molar-refractivity contribution in [1.29, 1.82) is 0 Å². The van der Waals surface area contributed by atoms with E-state index in [2.05, 4.69) is 30.6 Å². The lowest BCUT2D eigenvalue weighted by molar-refractivity contribution is -0.115. The Morgan fingerprint density at radius 3 is 2.38 bits per heavy atom. The summed E-state index contributed by atoms with van der Waals surface area (Å²) in [5.41, 5.74) is 3.95. The molecular weight excluding hydrogens is 515 g/mol. The van der Waals surface area contributed by atoms with E-state index in [0.717, 1.165) is 27.9 Å². The number of nitrogens with zero attached hydrogens (tertiary/aromatic N) is 3. The van der Waals surface area contributed by atoms with Crippen molar-refractivity contribution in [2.24, 2.45) is 4.99 Å². The maximum atomic E-state index is 13.8. The molecule has 0 radical (unpaired) electrons. The van der Waals surface area contributed by atoms with Gasteiger partial charge in [0.2, 0.25) is 17.7 Å². The number of benzene rings is 2. The number of halogens is 1. The molecule has 0 atom stereocenters. The zero-order chi connectivity index (χ0) is 28.6. The average Bonchev–Trinajstić information content (AvgIpc) is 3.32. The molecule has 0 unspecified atom stereocenters. The van der Waals surface area contributed by atoms with E-state index in [1.165, 1.54) is 39.5 Å². The number of aryl methyl sites for hydroxylation is 2. The van der Waals surface area contributed by atoms with Gasteiger partial charge in [-0.25, -0.2) is 14.4 Å². The number of H-pyrrole nitrogens is 1. The molecule has 40 heavy (non-hydrogen) atoms. The van der Waals surface area contributed by atoms with Gasteiger partial charge in [0.15, 0.2) is 11.5 Å². The van der Waals surface area contributed by atoms with E-state index in [1.807, 2.05) is 26.1 Å². The van der Waals surface area contributed by atoms with Crippen LogP contribution in [0.5, 0.6) is 17.2 Å². The molecular formula is C29H31FN6O4. The number of hydrogen-bond donors (Lipinski definition) is 3. The minimum atomic E-state index is -0.432. The minimum absolute atomic E-state index is 0.176. The van der Waals surface area contributed by atoms with Crippen LogP contribution in [0.3, 0.4) is 0 Å². The largest absolute Gasteiger partial charge is 0.493 e. The van der Waals surface area contributed by atoms with Gasteiger partial charge in [0.05, 0.1) is 21.3 Å². The van der Waals surface area contributed by atoms with Crippen LogP contribution in [0.15, 0.2) is 53.7 Å². The van der Waals surface area contributed by atoms with Gasteiger partial charge in [-0.2, -0.15) is 0 Å². The van der Waals surface area contributed by atoms with Crippen molar-refractivity contribution in [3.8, 4) is 17.2 Å². The summed E-state index contributed by atoms with van der Waals surface area (Å²) >= 11 is 0. The Bertz CT molecular complexity index is 1540. The van der Waals surface area contributed by atoms with Crippen LogP contribution in [0.2, 0.25) is 0 Å². The van der Waals surface area contributed by atoms with E-state index in [4.69, 9.17) is 14.2 Å². The van der Waals surface area contributed by atoms with E-state index >= 15 is 0 Å². The third kappa shape index (κ3) is 6.93. The molecule has 0 spiro atoms. The monoisotopic (exact) mass is 546 g/mol.